The summed E-state index contributed by atoms with van der Waals surface area (Å²) >= 11 is 0. The minimum atomic E-state index is 0.708. The molecule has 5 heteroatoms. The molecule has 0 radical (unpaired) electrons. The van der Waals surface area contributed by atoms with E-state index in [2.05, 4.69) is 28.7 Å². The summed E-state index contributed by atoms with van der Waals surface area (Å²) in [6, 6.07) is 22.3. The van der Waals surface area contributed by atoms with Gasteiger partial charge in [-0.3, -0.25) is 4.40 Å². The van der Waals surface area contributed by atoms with Gasteiger partial charge in [-0.1, -0.05) is 36.4 Å². The molecule has 0 saturated heterocycles. The van der Waals surface area contributed by atoms with Gasteiger partial charge in [-0.2, -0.15) is 0 Å². The highest BCUT2D eigenvalue weighted by Crippen LogP contribution is 2.39. The molecule has 29 heavy (non-hydrogen) atoms. The molecule has 144 valence electrons. The number of fused-ring (bicyclic) bond motifs is 5. The molecule has 2 heterocycles. The molecular weight excluding hydrogens is 364 g/mol. The summed E-state index contributed by atoms with van der Waals surface area (Å²) in [6.45, 7) is 0. The summed E-state index contributed by atoms with van der Waals surface area (Å²) in [5.74, 6) is 2.24. The number of ether oxygens (including phenoxy) is 3. The monoisotopic (exact) mass is 384 g/mol. The first-order valence-electron chi connectivity index (χ1n) is 9.34. The van der Waals surface area contributed by atoms with Crippen LogP contribution in [0.4, 0.5) is 0 Å². The minimum Gasteiger partial charge on any atom is -0.497 e. The molecule has 0 aliphatic heterocycles. The van der Waals surface area contributed by atoms with Gasteiger partial charge in [0.15, 0.2) is 0 Å². The average Bonchev–Trinajstić information content (AvgIpc) is 3.19. The highest BCUT2D eigenvalue weighted by atomic mass is 16.5. The minimum absolute atomic E-state index is 0.708. The third-order valence-electron chi connectivity index (χ3n) is 5.27. The lowest BCUT2D eigenvalue weighted by molar-refractivity contribution is 0.409. The van der Waals surface area contributed by atoms with Crippen LogP contribution in [0, 0.1) is 0 Å². The van der Waals surface area contributed by atoms with Crippen molar-refractivity contribution in [2.24, 2.45) is 0 Å². The highest BCUT2D eigenvalue weighted by molar-refractivity contribution is 6.04. The van der Waals surface area contributed by atoms with Gasteiger partial charge in [0, 0.05) is 5.39 Å². The van der Waals surface area contributed by atoms with E-state index < -0.39 is 0 Å². The number of methoxy groups -OCH3 is 3. The van der Waals surface area contributed by atoms with Crippen LogP contribution in [0.3, 0.4) is 0 Å². The molecule has 0 aliphatic rings. The molecule has 2 aromatic heterocycles. The van der Waals surface area contributed by atoms with Gasteiger partial charge in [-0.15, -0.1) is 0 Å². The van der Waals surface area contributed by atoms with Crippen molar-refractivity contribution in [1.82, 2.24) is 9.38 Å². The molecule has 3 aromatic carbocycles. The number of imidazole rings is 1. The number of nitrogens with zero attached hydrogens (tertiary/aromatic N) is 2. The van der Waals surface area contributed by atoms with Crippen LogP contribution < -0.4 is 14.2 Å². The van der Waals surface area contributed by atoms with Crippen LogP contribution >= 0.6 is 0 Å². The summed E-state index contributed by atoms with van der Waals surface area (Å²) in [4.78, 5) is 4.99. The fourth-order valence-electron chi connectivity index (χ4n) is 3.89. The predicted octanol–water partition coefficient (Wildman–Crippen LogP) is 5.33. The standard InChI is InChI=1S/C24H20N2O3/c1-27-17-10-9-16-13-19(15-7-5-4-6-8-15)26-23-21(29-3)12-11-20(28-2)22(23)25-24(26)18(16)14-17/h4-14H,1-3H3. The van der Waals surface area contributed by atoms with Crippen LogP contribution in [0.15, 0.2) is 66.7 Å². The lowest BCUT2D eigenvalue weighted by Gasteiger charge is -2.12. The lowest BCUT2D eigenvalue weighted by Crippen LogP contribution is -1.96. The highest BCUT2D eigenvalue weighted by Gasteiger charge is 2.20. The van der Waals surface area contributed by atoms with E-state index >= 15 is 0 Å². The maximum Gasteiger partial charge on any atom is 0.147 e. The van der Waals surface area contributed by atoms with Gasteiger partial charge in [-0.25, -0.2) is 4.98 Å². The average molecular weight is 384 g/mol. The molecule has 5 aromatic rings. The maximum atomic E-state index is 5.70. The molecule has 5 nitrogen and oxygen atoms in total. The van der Waals surface area contributed by atoms with Gasteiger partial charge >= 0.3 is 0 Å². The van der Waals surface area contributed by atoms with Crippen LogP contribution in [0.5, 0.6) is 17.2 Å². The fraction of sp³-hybridized carbons (Fsp3) is 0.125. The van der Waals surface area contributed by atoms with Gasteiger partial charge in [-0.05, 0) is 41.3 Å². The molecule has 0 bridgehead atoms. The summed E-state index contributed by atoms with van der Waals surface area (Å²) in [5, 5.41) is 2.09. The fourth-order valence-corrected chi connectivity index (χ4v) is 3.89. The molecule has 0 unspecified atom stereocenters. The number of hydrogen-bond acceptors (Lipinski definition) is 4. The van der Waals surface area contributed by atoms with Crippen molar-refractivity contribution in [3.8, 4) is 28.5 Å². The molecule has 0 N–H and O–H groups in total. The van der Waals surface area contributed by atoms with E-state index in [1.165, 1.54) is 0 Å². The van der Waals surface area contributed by atoms with E-state index in [0.29, 0.717) is 5.75 Å². The smallest absolute Gasteiger partial charge is 0.147 e. The molecule has 0 atom stereocenters. The van der Waals surface area contributed by atoms with Crippen molar-refractivity contribution >= 4 is 27.5 Å². The van der Waals surface area contributed by atoms with Gasteiger partial charge in [0.1, 0.15) is 33.9 Å². The van der Waals surface area contributed by atoms with Crippen molar-refractivity contribution in [2.75, 3.05) is 21.3 Å². The Balaban J connectivity index is 2.05. The zero-order chi connectivity index (χ0) is 20.0. The van der Waals surface area contributed by atoms with Gasteiger partial charge in [0.2, 0.25) is 0 Å². The van der Waals surface area contributed by atoms with Crippen LogP contribution in [0.1, 0.15) is 0 Å². The Hall–Kier alpha value is -3.73. The third kappa shape index (κ3) is 2.58. The van der Waals surface area contributed by atoms with Crippen molar-refractivity contribution in [1.29, 1.82) is 0 Å². The topological polar surface area (TPSA) is 45.0 Å². The SMILES string of the molecule is COc1ccc2cc(-c3ccccc3)n3c(nc4c(OC)ccc(OC)c43)c2c1. The Bertz CT molecular complexity index is 1360. The van der Waals surface area contributed by atoms with Crippen LogP contribution in [-0.2, 0) is 0 Å². The first-order valence-corrected chi connectivity index (χ1v) is 9.34. The van der Waals surface area contributed by atoms with Crippen molar-refractivity contribution in [3.05, 3.63) is 66.7 Å². The number of rotatable bonds is 4. The first kappa shape index (κ1) is 17.4. The first-order chi connectivity index (χ1) is 14.2. The Labute approximate surface area is 168 Å². The molecule has 0 spiro atoms. The Morgan fingerprint density at radius 2 is 1.52 bits per heavy atom. The predicted molar refractivity (Wildman–Crippen MR) is 115 cm³/mol. The zero-order valence-corrected chi connectivity index (χ0v) is 16.5. The van der Waals surface area contributed by atoms with Gasteiger partial charge in [0.25, 0.3) is 0 Å². The second-order valence-corrected chi connectivity index (χ2v) is 6.79. The third-order valence-corrected chi connectivity index (χ3v) is 5.27. The Morgan fingerprint density at radius 3 is 2.24 bits per heavy atom. The van der Waals surface area contributed by atoms with Crippen molar-refractivity contribution in [2.45, 2.75) is 0 Å². The van der Waals surface area contributed by atoms with E-state index in [0.717, 1.165) is 50.2 Å². The van der Waals surface area contributed by atoms with Crippen LogP contribution in [-0.4, -0.2) is 30.7 Å². The number of pyridine rings is 1. The molecular formula is C24H20N2O3. The van der Waals surface area contributed by atoms with E-state index in [-0.39, 0.29) is 0 Å². The van der Waals surface area contributed by atoms with Gasteiger partial charge < -0.3 is 14.2 Å². The molecule has 5 rings (SSSR count). The van der Waals surface area contributed by atoms with E-state index in [1.54, 1.807) is 21.3 Å². The Morgan fingerprint density at radius 1 is 0.759 bits per heavy atom. The normalized spacial score (nSPS) is 11.3. The number of hydrogen-bond donors (Lipinski definition) is 0. The number of benzene rings is 3. The zero-order valence-electron chi connectivity index (χ0n) is 16.5. The summed E-state index contributed by atoms with van der Waals surface area (Å²) in [7, 11) is 5.00. The number of aromatic nitrogens is 2. The molecule has 0 fully saturated rings. The quantitative estimate of drug-likeness (QED) is 0.420. The Kier molecular flexibility index (Phi) is 4.02. The molecule has 0 amide bonds. The lowest BCUT2D eigenvalue weighted by atomic mass is 10.1. The second-order valence-electron chi connectivity index (χ2n) is 6.79. The van der Waals surface area contributed by atoms with Gasteiger partial charge in [0.05, 0.1) is 27.0 Å². The van der Waals surface area contributed by atoms with Crippen molar-refractivity contribution < 1.29 is 14.2 Å². The van der Waals surface area contributed by atoms with E-state index in [9.17, 15) is 0 Å². The summed E-state index contributed by atoms with van der Waals surface area (Å²) < 4.78 is 18.9. The van der Waals surface area contributed by atoms with E-state index in [4.69, 9.17) is 19.2 Å². The maximum absolute atomic E-state index is 5.70. The summed E-state index contributed by atoms with van der Waals surface area (Å²) in [6.07, 6.45) is 0. The van der Waals surface area contributed by atoms with Crippen LogP contribution in [0.2, 0.25) is 0 Å². The summed E-state index contributed by atoms with van der Waals surface area (Å²) in [5.41, 5.74) is 4.61. The van der Waals surface area contributed by atoms with Crippen molar-refractivity contribution in [3.63, 3.8) is 0 Å². The largest absolute Gasteiger partial charge is 0.497 e. The molecule has 0 aliphatic carbocycles. The van der Waals surface area contributed by atoms with E-state index in [1.807, 2.05) is 42.5 Å². The van der Waals surface area contributed by atoms with Crippen LogP contribution in [0.25, 0.3) is 38.7 Å². The molecule has 0 saturated carbocycles. The second kappa shape index (κ2) is 6.71.